The highest BCUT2D eigenvalue weighted by molar-refractivity contribution is 6.76. The van der Waals surface area contributed by atoms with Crippen LogP contribution in [0.15, 0.2) is 60.7 Å². The van der Waals surface area contributed by atoms with E-state index in [1.54, 1.807) is 0 Å². The molecule has 123 heavy (non-hydrogen) atoms. The number of esters is 15. The van der Waals surface area contributed by atoms with Crippen LogP contribution in [-0.2, 0) is 190 Å². The molecule has 1 amide bonds. The molecule has 5 saturated heterocycles. The predicted octanol–water partition coefficient (Wildman–Crippen LogP) is 1.70. The van der Waals surface area contributed by atoms with Crippen molar-refractivity contribution in [2.24, 2.45) is 0 Å². The van der Waals surface area contributed by atoms with Gasteiger partial charge in [-0.3, -0.25) is 67.7 Å². The number of carbonyl (C=O) groups is 17. The maximum atomic E-state index is 14.6. The maximum Gasteiger partial charge on any atom is 0.339 e. The number of amides is 1. The Morgan fingerprint density at radius 1 is 0.341 bits per heavy atom. The minimum atomic E-state index is -2.66. The van der Waals surface area contributed by atoms with Crippen LogP contribution in [0.5, 0.6) is 0 Å². The van der Waals surface area contributed by atoms with Gasteiger partial charge in [0, 0.05) is 89.5 Å². The van der Waals surface area contributed by atoms with Crippen molar-refractivity contribution in [3.8, 4) is 0 Å². The first-order chi connectivity index (χ1) is 57.8. The number of halogens is 3. The average molecular weight is 1810 g/mol. The number of methoxy groups -OCH3 is 1. The molecule has 5 fully saturated rings. The fraction of sp³-hybridized carbons (Fsp3) is 0.605. The molecule has 0 spiro atoms. The van der Waals surface area contributed by atoms with Gasteiger partial charge in [-0.05, 0) is 31.2 Å². The molecular formula is C76H91Cl3N2O42. The third kappa shape index (κ3) is 29.1. The predicted molar refractivity (Wildman–Crippen MR) is 398 cm³/mol. The monoisotopic (exact) mass is 1810 g/mol. The first-order valence-electron chi connectivity index (χ1n) is 37.4. The molecule has 47 heteroatoms. The summed E-state index contributed by atoms with van der Waals surface area (Å²) >= 11 is 17.9. The van der Waals surface area contributed by atoms with Crippen molar-refractivity contribution in [2.75, 3.05) is 33.5 Å². The largest absolute Gasteiger partial charge is 0.467 e. The molecule has 25 atom stereocenters. The zero-order valence-electron chi connectivity index (χ0n) is 68.2. The first kappa shape index (κ1) is 99.7. The number of ketones is 1. The number of alkyl halides is 3. The quantitative estimate of drug-likeness (QED) is 0.0331. The van der Waals surface area contributed by atoms with E-state index in [0.717, 1.165) is 97.1 Å². The molecule has 0 saturated carbocycles. The summed E-state index contributed by atoms with van der Waals surface area (Å²) < 4.78 is 148. The van der Waals surface area contributed by atoms with E-state index in [-0.39, 0.29) is 11.1 Å². The summed E-state index contributed by atoms with van der Waals surface area (Å²) in [5.74, 6) is -20.7. The first-order valence-corrected chi connectivity index (χ1v) is 38.5. The SMILES string of the molecule is COC(=O)[C@H]1O[C@H](O[C@H]2[C@@H](OC(C)=O)[C@@H](COC(C)=O)O[C@@H](O[C@H]3[C@H](OC(C)=O)[C@@H](NC(C)=O)[C@H](O[C@H]4[C@@H](OC(C)=O)[C@@H](COC(C)=O)O[C@@H](O[C@H]5[C@H](OC(C)=O)[C@@H](OC(C)=O)[C@H](OC(=N)C(Cl)(Cl)Cl)O[C@@H]5COC(C)=O)[C@@H]4OC(C)=O)O[C@@H]3COC(C)=O)[C@@H]2OC(C)=O)[C@H](OC(=O)c2ccccc2)[C@@H](OC(=O)CCC(C)=O)[C@@H]1OC(=O)c1ccccc1. The summed E-state index contributed by atoms with van der Waals surface area (Å²) in [6.07, 6.45) is -54.7. The molecule has 0 aliphatic carbocycles. The van der Waals surface area contributed by atoms with Crippen LogP contribution in [0.25, 0.3) is 0 Å². The molecule has 2 N–H and O–H groups in total. The van der Waals surface area contributed by atoms with E-state index in [1.165, 1.54) is 60.7 Å². The fourth-order valence-electron chi connectivity index (χ4n) is 13.0. The number of ether oxygens (including phenoxy) is 25. The smallest absolute Gasteiger partial charge is 0.339 e. The second-order valence-electron chi connectivity index (χ2n) is 27.6. The van der Waals surface area contributed by atoms with Gasteiger partial charge in [0.2, 0.25) is 30.5 Å². The van der Waals surface area contributed by atoms with E-state index >= 15 is 0 Å². The summed E-state index contributed by atoms with van der Waals surface area (Å²) in [4.78, 5) is 231. The van der Waals surface area contributed by atoms with Gasteiger partial charge in [0.1, 0.15) is 87.1 Å². The molecule has 44 nitrogen and oxygen atoms in total. The van der Waals surface area contributed by atoms with Gasteiger partial charge in [0.05, 0.1) is 24.7 Å². The summed E-state index contributed by atoms with van der Waals surface area (Å²) in [6, 6.07) is 11.7. The van der Waals surface area contributed by atoms with Gasteiger partial charge in [-0.2, -0.15) is 0 Å². The molecule has 0 radical (unpaired) electrons. The van der Waals surface area contributed by atoms with Gasteiger partial charge < -0.3 is 129 Å². The number of hydrogen-bond acceptors (Lipinski definition) is 43. The lowest BCUT2D eigenvalue weighted by atomic mass is 9.93. The van der Waals surface area contributed by atoms with Crippen LogP contribution in [0.4, 0.5) is 0 Å². The summed E-state index contributed by atoms with van der Waals surface area (Å²) in [5, 5.41) is 10.9. The van der Waals surface area contributed by atoms with E-state index < -0.39 is 304 Å². The van der Waals surface area contributed by atoms with Crippen LogP contribution in [0.3, 0.4) is 0 Å². The van der Waals surface area contributed by atoms with Crippen molar-refractivity contribution in [1.82, 2.24) is 5.32 Å². The minimum Gasteiger partial charge on any atom is -0.467 e. The second-order valence-corrected chi connectivity index (χ2v) is 29.8. The molecule has 2 aromatic carbocycles. The lowest BCUT2D eigenvalue weighted by Gasteiger charge is -2.52. The van der Waals surface area contributed by atoms with Gasteiger partial charge in [-0.1, -0.05) is 71.2 Å². The Bertz CT molecular complexity index is 4150. The third-order valence-electron chi connectivity index (χ3n) is 17.7. The van der Waals surface area contributed by atoms with E-state index in [4.69, 9.17) is 159 Å². The summed E-state index contributed by atoms with van der Waals surface area (Å²) in [6.45, 7) is 7.62. The van der Waals surface area contributed by atoms with Gasteiger partial charge >= 0.3 is 89.5 Å². The van der Waals surface area contributed by atoms with Gasteiger partial charge in [0.15, 0.2) is 79.9 Å². The van der Waals surface area contributed by atoms with Gasteiger partial charge in [0.25, 0.3) is 3.79 Å². The molecule has 5 aliphatic heterocycles. The van der Waals surface area contributed by atoms with E-state index in [0.29, 0.717) is 0 Å². The third-order valence-corrected chi connectivity index (χ3v) is 18.3. The standard InChI is InChI=1S/C76H91Cl3N2O42/c1-31(82)25-26-50(95)115-61-60(116-67(96)44-21-17-15-18-22-44)62(69(98)99-14)122-74(66(61)117-68(97)45-23-19-16-20-24-45)121-59-54(105-38(8)89)48(29-102-35(5)86)112-71(65(59)110-43(13)94)118-52-46(27-100-33(3)84)111-70(51(81-32(2)83)56(52)106-39(9)90)120-58-53(104-37(7)88)47(28-101-34(4)85)113-72(64(58)109-42(12)93)119-55-49(30-103-36(6)87)114-73(123-75(80)76(77,78)79)63(108-41(11)92)57(55)107-40(10)91/h15-24,46-49,51-66,70-74,80H,25-30H2,1-14H3,(H,81,83)/t46-,47-,48-,49-,51-,52-,53+,54+,55-,56-,57+,58+,59+,60+,61+,62+,63-,64-,65-,66-,70+,71+,72+,73+,74+/m1/s1. The van der Waals surface area contributed by atoms with Crippen molar-refractivity contribution in [3.05, 3.63) is 71.8 Å². The van der Waals surface area contributed by atoms with Crippen LogP contribution in [0, 0.1) is 5.41 Å². The Hall–Kier alpha value is -10.4. The Balaban J connectivity index is 1.46. The highest BCUT2D eigenvalue weighted by Crippen LogP contribution is 2.43. The number of hydrogen-bond donors (Lipinski definition) is 2. The number of carbonyl (C=O) groups excluding carboxylic acids is 17. The van der Waals surface area contributed by atoms with Crippen LogP contribution in [-0.4, -0.2) is 298 Å². The molecular weight excluding hydrogens is 1720 g/mol. The van der Waals surface area contributed by atoms with Crippen LogP contribution < -0.4 is 5.32 Å². The van der Waals surface area contributed by atoms with E-state index in [1.807, 2.05) is 0 Å². The number of nitrogens with one attached hydrogen (secondary N) is 2. The Morgan fingerprint density at radius 2 is 0.659 bits per heavy atom. The molecule has 0 aromatic heterocycles. The van der Waals surface area contributed by atoms with Crippen LogP contribution >= 0.6 is 34.8 Å². The van der Waals surface area contributed by atoms with Crippen molar-refractivity contribution in [2.45, 2.75) is 260 Å². The van der Waals surface area contributed by atoms with Crippen LogP contribution in [0.2, 0.25) is 0 Å². The highest BCUT2D eigenvalue weighted by atomic mass is 35.6. The molecule has 5 heterocycles. The van der Waals surface area contributed by atoms with E-state index in [9.17, 15) is 81.5 Å². The van der Waals surface area contributed by atoms with Crippen molar-refractivity contribution < 1.29 is 200 Å². The zero-order valence-corrected chi connectivity index (χ0v) is 70.5. The number of rotatable bonds is 34. The molecule has 678 valence electrons. The molecule has 0 unspecified atom stereocenters. The normalized spacial score (nSPS) is 29.7. The number of Topliss-reactive ketones (excluding diaryl/α,β-unsaturated/α-hetero) is 1. The van der Waals surface area contributed by atoms with Crippen LogP contribution in [0.1, 0.15) is 124 Å². The van der Waals surface area contributed by atoms with E-state index in [2.05, 4.69) is 5.32 Å². The fourth-order valence-corrected chi connectivity index (χ4v) is 13.2. The lowest BCUT2D eigenvalue weighted by molar-refractivity contribution is -0.385. The minimum absolute atomic E-state index is 0.171. The lowest BCUT2D eigenvalue weighted by Crippen LogP contribution is -2.71. The molecule has 0 bridgehead atoms. The topological polar surface area (TPSA) is 557 Å². The van der Waals surface area contributed by atoms with Gasteiger partial charge in [-0.25, -0.2) is 14.4 Å². The zero-order chi connectivity index (χ0) is 91.2. The van der Waals surface area contributed by atoms with Crippen molar-refractivity contribution in [1.29, 1.82) is 5.41 Å². The molecule has 5 aliphatic rings. The maximum absolute atomic E-state index is 14.6. The average Bonchev–Trinajstić information content (AvgIpc) is 0.756. The number of benzene rings is 2. The van der Waals surface area contributed by atoms with Crippen molar-refractivity contribution in [3.63, 3.8) is 0 Å². The second kappa shape index (κ2) is 45.8. The summed E-state index contributed by atoms with van der Waals surface area (Å²) in [5.41, 5.74) is -0.400. The summed E-state index contributed by atoms with van der Waals surface area (Å²) in [7, 11) is 0.854. The Labute approximate surface area is 715 Å². The Kier molecular flexibility index (Phi) is 37.2. The molecule has 2 aromatic rings. The highest BCUT2D eigenvalue weighted by Gasteiger charge is 2.64. The van der Waals surface area contributed by atoms with Gasteiger partial charge in [-0.15, -0.1) is 0 Å². The van der Waals surface area contributed by atoms with Crippen molar-refractivity contribution >= 4 is 142 Å². The Morgan fingerprint density at radius 3 is 1.04 bits per heavy atom. The molecule has 7 rings (SSSR count).